The minimum atomic E-state index is -1.15. The molecule has 0 spiro atoms. The van der Waals surface area contributed by atoms with Crippen LogP contribution in [-0.2, 0) is 9.59 Å². The summed E-state index contributed by atoms with van der Waals surface area (Å²) in [4.78, 5) is 34.1. The van der Waals surface area contributed by atoms with Crippen molar-refractivity contribution in [3.05, 3.63) is 0 Å². The lowest BCUT2D eigenvalue weighted by Crippen LogP contribution is -2.54. The summed E-state index contributed by atoms with van der Waals surface area (Å²) in [5.41, 5.74) is 5.31. The number of carbonyl (C=O) groups excluding carboxylic acids is 2. The molecule has 0 aromatic heterocycles. The molecule has 0 aromatic rings. The van der Waals surface area contributed by atoms with E-state index >= 15 is 0 Å². The van der Waals surface area contributed by atoms with Gasteiger partial charge in [-0.15, -0.1) is 0 Å². The number of rotatable bonds is 3. The first-order valence-electron chi connectivity index (χ1n) is 4.46. The predicted octanol–water partition coefficient (Wildman–Crippen LogP) is -1.41. The highest BCUT2D eigenvalue weighted by Gasteiger charge is 2.32. The van der Waals surface area contributed by atoms with Crippen molar-refractivity contribution >= 4 is 17.9 Å². The van der Waals surface area contributed by atoms with Crippen LogP contribution in [0, 0.1) is 5.92 Å². The smallest absolute Gasteiger partial charge is 0.323 e. The molecule has 2 atom stereocenters. The Labute approximate surface area is 86.2 Å². The summed E-state index contributed by atoms with van der Waals surface area (Å²) in [5.74, 6) is -2.17. The van der Waals surface area contributed by atoms with E-state index in [2.05, 4.69) is 5.32 Å². The molecule has 0 bridgehead atoms. The molecule has 1 rings (SSSR count). The third kappa shape index (κ3) is 2.66. The molecule has 7 heteroatoms. The summed E-state index contributed by atoms with van der Waals surface area (Å²) in [7, 11) is 1.53. The summed E-state index contributed by atoms with van der Waals surface area (Å²) < 4.78 is 0. The van der Waals surface area contributed by atoms with Gasteiger partial charge < -0.3 is 15.7 Å². The van der Waals surface area contributed by atoms with Gasteiger partial charge >= 0.3 is 12.0 Å². The molecule has 1 fully saturated rings. The standard InChI is InChI=1S/C8H13N3O4/c1-11-3-4(2-5(9)7(13)14)6(12)10-8(11)15/h4-5H,2-3,9H2,1H3,(H,13,14)(H,10,12,15). The summed E-state index contributed by atoms with van der Waals surface area (Å²) in [6.07, 6.45) is 0.0266. The molecule has 0 aliphatic carbocycles. The van der Waals surface area contributed by atoms with E-state index < -0.39 is 29.9 Å². The molecule has 2 unspecified atom stereocenters. The molecule has 7 nitrogen and oxygen atoms in total. The van der Waals surface area contributed by atoms with Crippen molar-refractivity contribution in [3.63, 3.8) is 0 Å². The number of aliphatic carboxylic acids is 1. The van der Waals surface area contributed by atoms with Gasteiger partial charge in [-0.25, -0.2) is 4.79 Å². The van der Waals surface area contributed by atoms with Crippen LogP contribution in [0.4, 0.5) is 4.79 Å². The molecule has 1 aliphatic rings. The normalized spacial score (nSPS) is 23.6. The highest BCUT2D eigenvalue weighted by molar-refractivity contribution is 5.98. The fourth-order valence-corrected chi connectivity index (χ4v) is 1.39. The van der Waals surface area contributed by atoms with Crippen molar-refractivity contribution in [3.8, 4) is 0 Å². The van der Waals surface area contributed by atoms with Gasteiger partial charge in [0.25, 0.3) is 0 Å². The van der Waals surface area contributed by atoms with Crippen LogP contribution in [0.15, 0.2) is 0 Å². The molecule has 1 saturated heterocycles. The Hall–Kier alpha value is -1.63. The van der Waals surface area contributed by atoms with Crippen molar-refractivity contribution in [2.24, 2.45) is 11.7 Å². The first-order chi connectivity index (χ1) is 6.91. The highest BCUT2D eigenvalue weighted by atomic mass is 16.4. The van der Waals surface area contributed by atoms with E-state index in [-0.39, 0.29) is 13.0 Å². The molecule has 1 heterocycles. The van der Waals surface area contributed by atoms with E-state index in [1.807, 2.05) is 0 Å². The van der Waals surface area contributed by atoms with E-state index in [9.17, 15) is 14.4 Å². The third-order valence-corrected chi connectivity index (χ3v) is 2.30. The third-order valence-electron chi connectivity index (χ3n) is 2.30. The molecule has 1 aliphatic heterocycles. The first kappa shape index (κ1) is 11.4. The molecular weight excluding hydrogens is 202 g/mol. The Kier molecular flexibility index (Phi) is 3.25. The van der Waals surface area contributed by atoms with E-state index in [1.54, 1.807) is 0 Å². The fraction of sp³-hybridized carbons (Fsp3) is 0.625. The van der Waals surface area contributed by atoms with E-state index in [0.717, 1.165) is 0 Å². The molecule has 0 saturated carbocycles. The monoisotopic (exact) mass is 215 g/mol. The van der Waals surface area contributed by atoms with Crippen LogP contribution >= 0.6 is 0 Å². The SMILES string of the molecule is CN1CC(CC(N)C(=O)O)C(=O)NC1=O. The van der Waals surface area contributed by atoms with Gasteiger partial charge in [-0.05, 0) is 6.42 Å². The number of hydrogen-bond acceptors (Lipinski definition) is 4. The maximum Gasteiger partial charge on any atom is 0.323 e. The minimum absolute atomic E-state index is 0.0266. The van der Waals surface area contributed by atoms with Gasteiger partial charge in [0.05, 0.1) is 5.92 Å². The van der Waals surface area contributed by atoms with Crippen LogP contribution in [0.5, 0.6) is 0 Å². The average Bonchev–Trinajstić information content (AvgIpc) is 2.13. The molecule has 15 heavy (non-hydrogen) atoms. The summed E-state index contributed by atoms with van der Waals surface area (Å²) >= 11 is 0. The largest absolute Gasteiger partial charge is 0.480 e. The number of carbonyl (C=O) groups is 3. The summed E-state index contributed by atoms with van der Waals surface area (Å²) in [6, 6.07) is -1.55. The highest BCUT2D eigenvalue weighted by Crippen LogP contribution is 2.12. The van der Waals surface area contributed by atoms with Crippen molar-refractivity contribution in [2.45, 2.75) is 12.5 Å². The number of nitrogens with two attached hydrogens (primary N) is 1. The Balaban J connectivity index is 2.59. The van der Waals surface area contributed by atoms with Gasteiger partial charge in [-0.3, -0.25) is 14.9 Å². The maximum absolute atomic E-state index is 11.3. The van der Waals surface area contributed by atoms with Crippen LogP contribution in [0.1, 0.15) is 6.42 Å². The number of urea groups is 1. The van der Waals surface area contributed by atoms with E-state index in [0.29, 0.717) is 0 Å². The molecule has 3 amide bonds. The number of carboxylic acids is 1. The Morgan fingerprint density at radius 3 is 2.87 bits per heavy atom. The van der Waals surface area contributed by atoms with E-state index in [1.165, 1.54) is 11.9 Å². The number of nitrogens with one attached hydrogen (secondary N) is 1. The van der Waals surface area contributed by atoms with Gasteiger partial charge in [0.15, 0.2) is 0 Å². The molecular formula is C8H13N3O4. The topological polar surface area (TPSA) is 113 Å². The molecule has 84 valence electrons. The number of hydrogen-bond donors (Lipinski definition) is 3. The van der Waals surface area contributed by atoms with Gasteiger partial charge in [-0.2, -0.15) is 0 Å². The van der Waals surface area contributed by atoms with Crippen LogP contribution in [0.3, 0.4) is 0 Å². The first-order valence-corrected chi connectivity index (χ1v) is 4.46. The zero-order chi connectivity index (χ0) is 11.6. The lowest BCUT2D eigenvalue weighted by molar-refractivity contribution is -0.139. The number of imide groups is 1. The van der Waals surface area contributed by atoms with Gasteiger partial charge in [0, 0.05) is 13.6 Å². The Morgan fingerprint density at radius 2 is 2.33 bits per heavy atom. The lowest BCUT2D eigenvalue weighted by atomic mass is 9.97. The molecule has 0 aromatic carbocycles. The zero-order valence-corrected chi connectivity index (χ0v) is 8.27. The second-order valence-corrected chi connectivity index (χ2v) is 3.55. The summed E-state index contributed by atoms with van der Waals surface area (Å²) in [5, 5.41) is 10.7. The van der Waals surface area contributed by atoms with Crippen molar-refractivity contribution < 1.29 is 19.5 Å². The number of carboxylic acid groups (broad SMARTS) is 1. The molecule has 0 radical (unpaired) electrons. The fourth-order valence-electron chi connectivity index (χ4n) is 1.39. The Bertz CT molecular complexity index is 304. The van der Waals surface area contributed by atoms with Crippen LogP contribution < -0.4 is 11.1 Å². The predicted molar refractivity (Wildman–Crippen MR) is 49.9 cm³/mol. The molecule has 4 N–H and O–H groups in total. The van der Waals surface area contributed by atoms with E-state index in [4.69, 9.17) is 10.8 Å². The van der Waals surface area contributed by atoms with Crippen LogP contribution in [0.25, 0.3) is 0 Å². The van der Waals surface area contributed by atoms with Crippen LogP contribution in [-0.4, -0.2) is 47.5 Å². The zero-order valence-electron chi connectivity index (χ0n) is 8.27. The maximum atomic E-state index is 11.3. The summed E-state index contributed by atoms with van der Waals surface area (Å²) in [6.45, 7) is 0.200. The number of amides is 3. The quantitative estimate of drug-likeness (QED) is 0.535. The second-order valence-electron chi connectivity index (χ2n) is 3.55. The lowest BCUT2D eigenvalue weighted by Gasteiger charge is -2.29. The van der Waals surface area contributed by atoms with Crippen LogP contribution in [0.2, 0.25) is 0 Å². The van der Waals surface area contributed by atoms with Gasteiger partial charge in [-0.1, -0.05) is 0 Å². The minimum Gasteiger partial charge on any atom is -0.480 e. The Morgan fingerprint density at radius 1 is 1.73 bits per heavy atom. The van der Waals surface area contributed by atoms with Gasteiger partial charge in [0.2, 0.25) is 5.91 Å². The second kappa shape index (κ2) is 4.26. The number of nitrogens with zero attached hydrogens (tertiary/aromatic N) is 1. The van der Waals surface area contributed by atoms with Crippen molar-refractivity contribution in [1.29, 1.82) is 0 Å². The average molecular weight is 215 g/mol. The van der Waals surface area contributed by atoms with Crippen molar-refractivity contribution in [2.75, 3.05) is 13.6 Å². The van der Waals surface area contributed by atoms with Gasteiger partial charge in [0.1, 0.15) is 6.04 Å². The van der Waals surface area contributed by atoms with Crippen molar-refractivity contribution in [1.82, 2.24) is 10.2 Å².